The average Bonchev–Trinajstić information content (AvgIpc) is 3.01. The van der Waals surface area contributed by atoms with Crippen LogP contribution in [0.15, 0.2) is 29.3 Å². The van der Waals surface area contributed by atoms with Crippen LogP contribution >= 0.6 is 0 Å². The number of rotatable bonds is 8. The summed E-state index contributed by atoms with van der Waals surface area (Å²) in [6.07, 6.45) is 2.54. The minimum Gasteiger partial charge on any atom is -0.357 e. The molecule has 0 saturated carbocycles. The number of nitrogens with zero attached hydrogens (tertiary/aromatic N) is 2. The third kappa shape index (κ3) is 5.71. The van der Waals surface area contributed by atoms with E-state index in [4.69, 9.17) is 0 Å². The van der Waals surface area contributed by atoms with E-state index in [-0.39, 0.29) is 11.7 Å². The Morgan fingerprint density at radius 3 is 2.73 bits per heavy atom. The SMILES string of the molecule is CCNC(=NCC(C)(C)c1ccccc1F)NCCCN1CCCC1=O. The quantitative estimate of drug-likeness (QED) is 0.425. The molecule has 2 N–H and O–H groups in total. The molecule has 1 aliphatic heterocycles. The van der Waals surface area contributed by atoms with Gasteiger partial charge in [0.1, 0.15) is 5.82 Å². The van der Waals surface area contributed by atoms with E-state index in [1.807, 2.05) is 37.8 Å². The van der Waals surface area contributed by atoms with Crippen molar-refractivity contribution in [1.29, 1.82) is 0 Å². The van der Waals surface area contributed by atoms with Crippen LogP contribution in [0.1, 0.15) is 45.6 Å². The summed E-state index contributed by atoms with van der Waals surface area (Å²) in [5, 5.41) is 6.53. The molecule has 0 aliphatic carbocycles. The number of likely N-dealkylation sites (tertiary alicyclic amines) is 1. The molecule has 1 aromatic rings. The van der Waals surface area contributed by atoms with Crippen LogP contribution in [-0.4, -0.2) is 49.5 Å². The van der Waals surface area contributed by atoms with Crippen LogP contribution in [0.25, 0.3) is 0 Å². The Labute approximate surface area is 156 Å². The zero-order valence-electron chi connectivity index (χ0n) is 16.1. The smallest absolute Gasteiger partial charge is 0.222 e. The third-order valence-corrected chi connectivity index (χ3v) is 4.65. The maximum absolute atomic E-state index is 14.1. The van der Waals surface area contributed by atoms with Crippen LogP contribution < -0.4 is 10.6 Å². The van der Waals surface area contributed by atoms with E-state index in [0.717, 1.165) is 45.0 Å². The average molecular weight is 362 g/mol. The van der Waals surface area contributed by atoms with Crippen molar-refractivity contribution in [3.05, 3.63) is 35.6 Å². The van der Waals surface area contributed by atoms with Gasteiger partial charge in [-0.15, -0.1) is 0 Å². The summed E-state index contributed by atoms with van der Waals surface area (Å²) in [4.78, 5) is 18.2. The van der Waals surface area contributed by atoms with E-state index in [0.29, 0.717) is 18.5 Å². The maximum atomic E-state index is 14.1. The van der Waals surface area contributed by atoms with E-state index in [2.05, 4.69) is 15.6 Å². The normalized spacial score (nSPS) is 15.5. The summed E-state index contributed by atoms with van der Waals surface area (Å²) in [7, 11) is 0. The number of aliphatic imine (C=N–C) groups is 1. The van der Waals surface area contributed by atoms with E-state index < -0.39 is 5.41 Å². The molecule has 0 spiro atoms. The number of halogens is 1. The van der Waals surface area contributed by atoms with Crippen molar-refractivity contribution in [2.24, 2.45) is 4.99 Å². The number of hydrogen-bond donors (Lipinski definition) is 2. The van der Waals surface area contributed by atoms with Gasteiger partial charge in [0.2, 0.25) is 5.91 Å². The van der Waals surface area contributed by atoms with E-state index in [1.54, 1.807) is 6.07 Å². The number of benzene rings is 1. The molecule has 1 heterocycles. The fourth-order valence-electron chi connectivity index (χ4n) is 3.13. The van der Waals surface area contributed by atoms with E-state index >= 15 is 0 Å². The third-order valence-electron chi connectivity index (χ3n) is 4.65. The highest BCUT2D eigenvalue weighted by molar-refractivity contribution is 5.80. The first-order valence-corrected chi connectivity index (χ1v) is 9.49. The van der Waals surface area contributed by atoms with Crippen molar-refractivity contribution < 1.29 is 9.18 Å². The van der Waals surface area contributed by atoms with Crippen molar-refractivity contribution >= 4 is 11.9 Å². The summed E-state index contributed by atoms with van der Waals surface area (Å²) in [6.45, 7) is 9.66. The molecule has 2 rings (SSSR count). The van der Waals surface area contributed by atoms with Gasteiger partial charge in [0.05, 0.1) is 6.54 Å². The van der Waals surface area contributed by atoms with Gasteiger partial charge in [0.15, 0.2) is 5.96 Å². The molecule has 1 fully saturated rings. The molecule has 1 saturated heterocycles. The molecular weight excluding hydrogens is 331 g/mol. The van der Waals surface area contributed by atoms with Crippen LogP contribution in [0.3, 0.4) is 0 Å². The topological polar surface area (TPSA) is 56.7 Å². The second kappa shape index (κ2) is 9.55. The number of guanidine groups is 1. The number of carbonyl (C=O) groups is 1. The zero-order chi connectivity index (χ0) is 19.0. The predicted molar refractivity (Wildman–Crippen MR) is 104 cm³/mol. The van der Waals surface area contributed by atoms with Gasteiger partial charge in [0.25, 0.3) is 0 Å². The predicted octanol–water partition coefficient (Wildman–Crippen LogP) is 2.67. The van der Waals surface area contributed by atoms with Gasteiger partial charge in [-0.25, -0.2) is 4.39 Å². The first-order chi connectivity index (χ1) is 12.4. The Balaban J connectivity index is 1.87. The molecule has 0 bridgehead atoms. The van der Waals surface area contributed by atoms with Crippen LogP contribution in [-0.2, 0) is 10.2 Å². The van der Waals surface area contributed by atoms with Crippen LogP contribution in [0.5, 0.6) is 0 Å². The van der Waals surface area contributed by atoms with Crippen molar-refractivity contribution in [2.45, 2.75) is 45.4 Å². The van der Waals surface area contributed by atoms with Gasteiger partial charge in [-0.2, -0.15) is 0 Å². The summed E-state index contributed by atoms with van der Waals surface area (Å²) in [5.74, 6) is 0.794. The van der Waals surface area contributed by atoms with Crippen LogP contribution in [0.2, 0.25) is 0 Å². The minimum atomic E-state index is -0.393. The van der Waals surface area contributed by atoms with Gasteiger partial charge in [0, 0.05) is 38.0 Å². The Morgan fingerprint density at radius 2 is 2.08 bits per heavy atom. The molecule has 1 aliphatic rings. The van der Waals surface area contributed by atoms with Crippen molar-refractivity contribution in [1.82, 2.24) is 15.5 Å². The summed E-state index contributed by atoms with van der Waals surface area (Å²) < 4.78 is 14.1. The standard InChI is InChI=1S/C20H31FN4O/c1-4-22-19(23-12-8-14-25-13-7-11-18(25)26)24-15-20(2,3)16-9-5-6-10-17(16)21/h5-6,9-10H,4,7-8,11-15H2,1-3H3,(H2,22,23,24). The first kappa shape index (κ1) is 20.2. The number of carbonyl (C=O) groups excluding carboxylic acids is 1. The zero-order valence-corrected chi connectivity index (χ0v) is 16.1. The monoisotopic (exact) mass is 362 g/mol. The Hall–Kier alpha value is -2.11. The molecule has 1 amide bonds. The highest BCUT2D eigenvalue weighted by Crippen LogP contribution is 2.25. The lowest BCUT2D eigenvalue weighted by Crippen LogP contribution is -2.40. The minimum absolute atomic E-state index is 0.194. The number of nitrogens with one attached hydrogen (secondary N) is 2. The van der Waals surface area contributed by atoms with E-state index in [9.17, 15) is 9.18 Å². The van der Waals surface area contributed by atoms with Gasteiger partial charge in [-0.3, -0.25) is 9.79 Å². The summed E-state index contributed by atoms with van der Waals surface area (Å²) >= 11 is 0. The van der Waals surface area contributed by atoms with Gasteiger partial charge < -0.3 is 15.5 Å². The molecule has 0 unspecified atom stereocenters. The molecule has 0 radical (unpaired) electrons. The summed E-state index contributed by atoms with van der Waals surface area (Å²) in [5.41, 5.74) is 0.280. The van der Waals surface area contributed by atoms with Crippen LogP contribution in [0, 0.1) is 5.82 Å². The summed E-state index contributed by atoms with van der Waals surface area (Å²) in [6, 6.07) is 6.87. The molecular formula is C20H31FN4O. The molecule has 26 heavy (non-hydrogen) atoms. The maximum Gasteiger partial charge on any atom is 0.222 e. The van der Waals surface area contributed by atoms with Gasteiger partial charge in [-0.05, 0) is 31.4 Å². The highest BCUT2D eigenvalue weighted by Gasteiger charge is 2.24. The van der Waals surface area contributed by atoms with Crippen molar-refractivity contribution in [3.8, 4) is 0 Å². The lowest BCUT2D eigenvalue weighted by atomic mass is 9.84. The second-order valence-corrected chi connectivity index (χ2v) is 7.32. The molecule has 1 aromatic carbocycles. The highest BCUT2D eigenvalue weighted by atomic mass is 19.1. The Morgan fingerprint density at radius 1 is 1.31 bits per heavy atom. The number of hydrogen-bond acceptors (Lipinski definition) is 2. The Kier molecular flexibility index (Phi) is 7.42. The van der Waals surface area contributed by atoms with Gasteiger partial charge in [-0.1, -0.05) is 32.0 Å². The van der Waals surface area contributed by atoms with Crippen molar-refractivity contribution in [2.75, 3.05) is 32.7 Å². The fourth-order valence-corrected chi connectivity index (χ4v) is 3.13. The van der Waals surface area contributed by atoms with Crippen molar-refractivity contribution in [3.63, 3.8) is 0 Å². The Bertz CT molecular complexity index is 630. The van der Waals surface area contributed by atoms with E-state index in [1.165, 1.54) is 6.07 Å². The first-order valence-electron chi connectivity index (χ1n) is 9.49. The second-order valence-electron chi connectivity index (χ2n) is 7.32. The lowest BCUT2D eigenvalue weighted by molar-refractivity contribution is -0.127. The van der Waals surface area contributed by atoms with Crippen LogP contribution in [0.4, 0.5) is 4.39 Å². The molecule has 144 valence electrons. The molecule has 0 aromatic heterocycles. The molecule has 6 heteroatoms. The number of amides is 1. The molecule has 0 atom stereocenters. The fraction of sp³-hybridized carbons (Fsp3) is 0.600. The largest absolute Gasteiger partial charge is 0.357 e. The lowest BCUT2D eigenvalue weighted by Gasteiger charge is -2.24. The molecule has 5 nitrogen and oxygen atoms in total. The van der Waals surface area contributed by atoms with Gasteiger partial charge >= 0.3 is 0 Å².